The average molecular weight is 505 g/mol. The first-order valence-electron chi connectivity index (χ1n) is 10.4. The van der Waals surface area contributed by atoms with E-state index in [4.69, 9.17) is 9.47 Å². The van der Waals surface area contributed by atoms with Gasteiger partial charge in [-0.25, -0.2) is 0 Å². The van der Waals surface area contributed by atoms with Gasteiger partial charge in [0, 0.05) is 4.47 Å². The van der Waals surface area contributed by atoms with E-state index < -0.39 is 5.91 Å². The molecule has 1 N–H and O–H groups in total. The number of nitrogens with one attached hydrogen (secondary N) is 1. The number of carbonyl (C=O) groups is 1. The molecule has 0 radical (unpaired) electrons. The van der Waals surface area contributed by atoms with Crippen molar-refractivity contribution in [2.24, 2.45) is 0 Å². The molecule has 3 aromatic rings. The summed E-state index contributed by atoms with van der Waals surface area (Å²) in [4.78, 5) is 12.7. The summed E-state index contributed by atoms with van der Waals surface area (Å²) in [5.41, 5.74) is 3.80. The van der Waals surface area contributed by atoms with Gasteiger partial charge in [-0.3, -0.25) is 4.79 Å². The highest BCUT2D eigenvalue weighted by atomic mass is 79.9. The first-order chi connectivity index (χ1) is 15.9. The molecule has 0 aliphatic heterocycles. The molecule has 3 aromatic carbocycles. The van der Waals surface area contributed by atoms with Crippen LogP contribution in [0, 0.1) is 18.3 Å². The molecule has 0 aliphatic rings. The summed E-state index contributed by atoms with van der Waals surface area (Å²) in [5.74, 6) is 0.621. The van der Waals surface area contributed by atoms with Gasteiger partial charge in [0.15, 0.2) is 11.5 Å². The molecule has 168 valence electrons. The third-order valence-corrected chi connectivity index (χ3v) is 5.76. The molecule has 0 bridgehead atoms. The van der Waals surface area contributed by atoms with Gasteiger partial charge in [0.05, 0.1) is 13.2 Å². The van der Waals surface area contributed by atoms with Crippen LogP contribution >= 0.6 is 15.9 Å². The number of benzene rings is 3. The fraction of sp³-hybridized carbons (Fsp3) is 0.185. The van der Waals surface area contributed by atoms with Crippen LogP contribution in [0.1, 0.15) is 35.2 Å². The van der Waals surface area contributed by atoms with Gasteiger partial charge < -0.3 is 14.8 Å². The van der Waals surface area contributed by atoms with Crippen molar-refractivity contribution in [1.29, 1.82) is 5.26 Å². The number of hydrogen-bond acceptors (Lipinski definition) is 4. The Hall–Kier alpha value is -3.56. The fourth-order valence-corrected chi connectivity index (χ4v) is 3.74. The lowest BCUT2D eigenvalue weighted by atomic mass is 10.1. The van der Waals surface area contributed by atoms with Gasteiger partial charge in [-0.1, -0.05) is 76.1 Å². The molecule has 3 rings (SSSR count). The van der Waals surface area contributed by atoms with Crippen LogP contribution < -0.4 is 14.8 Å². The number of ether oxygens (including phenoxy) is 2. The molecule has 1 atom stereocenters. The Morgan fingerprint density at radius 2 is 1.88 bits per heavy atom. The number of hydrogen-bond donors (Lipinski definition) is 1. The number of carbonyl (C=O) groups excluding carboxylic acids is 1. The van der Waals surface area contributed by atoms with Crippen molar-refractivity contribution in [3.05, 3.63) is 99.0 Å². The van der Waals surface area contributed by atoms with Crippen LogP contribution in [-0.2, 0) is 11.4 Å². The lowest BCUT2D eigenvalue weighted by Gasteiger charge is -2.15. The third-order valence-electron chi connectivity index (χ3n) is 5.07. The summed E-state index contributed by atoms with van der Waals surface area (Å²) in [6, 6.07) is 22.9. The van der Waals surface area contributed by atoms with E-state index in [2.05, 4.69) is 27.3 Å². The van der Waals surface area contributed by atoms with Gasteiger partial charge in [0.25, 0.3) is 5.91 Å². The molecule has 0 unspecified atom stereocenters. The fourth-order valence-electron chi connectivity index (χ4n) is 3.30. The molecule has 0 aliphatic carbocycles. The molecule has 0 fully saturated rings. The topological polar surface area (TPSA) is 71.3 Å². The summed E-state index contributed by atoms with van der Waals surface area (Å²) >= 11 is 3.52. The van der Waals surface area contributed by atoms with E-state index >= 15 is 0 Å². The van der Waals surface area contributed by atoms with Crippen LogP contribution in [0.2, 0.25) is 0 Å². The quantitative estimate of drug-likeness (QED) is 0.295. The summed E-state index contributed by atoms with van der Waals surface area (Å²) in [6.07, 6.45) is 1.53. The highest BCUT2D eigenvalue weighted by molar-refractivity contribution is 9.10. The largest absolute Gasteiger partial charge is 0.493 e. The van der Waals surface area contributed by atoms with Gasteiger partial charge in [0.2, 0.25) is 0 Å². The molecule has 0 saturated heterocycles. The van der Waals surface area contributed by atoms with Crippen molar-refractivity contribution < 1.29 is 14.3 Å². The number of nitriles is 1. The number of halogens is 1. The second kappa shape index (κ2) is 11.3. The van der Waals surface area contributed by atoms with Crippen LogP contribution in [-0.4, -0.2) is 13.0 Å². The average Bonchev–Trinajstić information content (AvgIpc) is 2.82. The Labute approximate surface area is 202 Å². The van der Waals surface area contributed by atoms with Gasteiger partial charge >= 0.3 is 0 Å². The Kier molecular flexibility index (Phi) is 8.28. The van der Waals surface area contributed by atoms with E-state index in [1.807, 2.05) is 68.4 Å². The zero-order valence-corrected chi connectivity index (χ0v) is 20.3. The summed E-state index contributed by atoms with van der Waals surface area (Å²) in [5, 5.41) is 12.5. The summed E-state index contributed by atoms with van der Waals surface area (Å²) in [6.45, 7) is 4.30. The van der Waals surface area contributed by atoms with Crippen molar-refractivity contribution in [2.45, 2.75) is 26.5 Å². The standard InChI is InChI=1S/C27H25BrN2O3/c1-18-8-7-9-20(12-18)17-33-26-15-24(28)22(14-25(26)32-3)13-23(16-29)27(31)30-19(2)21-10-5-4-6-11-21/h4-15,19H,17H2,1-3H3,(H,30,31)/b23-13-/t19-/m1/s1. The molecule has 0 heterocycles. The van der Waals surface area contributed by atoms with Crippen LogP contribution in [0.3, 0.4) is 0 Å². The number of nitrogens with zero attached hydrogens (tertiary/aromatic N) is 1. The Bertz CT molecular complexity index is 1200. The van der Waals surface area contributed by atoms with Crippen LogP contribution in [0.4, 0.5) is 0 Å². The zero-order valence-electron chi connectivity index (χ0n) is 18.8. The van der Waals surface area contributed by atoms with Crippen molar-refractivity contribution in [1.82, 2.24) is 5.32 Å². The maximum atomic E-state index is 12.7. The van der Waals surface area contributed by atoms with Gasteiger partial charge in [-0.2, -0.15) is 5.26 Å². The molecule has 0 saturated carbocycles. The third kappa shape index (κ3) is 6.47. The molecule has 6 heteroatoms. The second-order valence-electron chi connectivity index (χ2n) is 7.58. The van der Waals surface area contributed by atoms with Gasteiger partial charge in [-0.05, 0) is 48.7 Å². The molecular weight excluding hydrogens is 480 g/mol. The van der Waals surface area contributed by atoms with E-state index in [1.54, 1.807) is 19.2 Å². The zero-order chi connectivity index (χ0) is 23.8. The molecular formula is C27H25BrN2O3. The number of aryl methyl sites for hydroxylation is 1. The second-order valence-corrected chi connectivity index (χ2v) is 8.43. The first-order valence-corrected chi connectivity index (χ1v) is 11.2. The molecule has 1 amide bonds. The molecule has 5 nitrogen and oxygen atoms in total. The minimum Gasteiger partial charge on any atom is -0.493 e. The van der Waals surface area contributed by atoms with Crippen LogP contribution in [0.15, 0.2) is 76.8 Å². The summed E-state index contributed by atoms with van der Waals surface area (Å²) < 4.78 is 12.1. The van der Waals surface area contributed by atoms with Crippen LogP contribution in [0.25, 0.3) is 6.08 Å². The van der Waals surface area contributed by atoms with E-state index in [0.29, 0.717) is 28.1 Å². The molecule has 33 heavy (non-hydrogen) atoms. The molecule has 0 spiro atoms. The van der Waals surface area contributed by atoms with Gasteiger partial charge in [-0.15, -0.1) is 0 Å². The molecule has 0 aromatic heterocycles. The number of rotatable bonds is 8. The van der Waals surface area contributed by atoms with Gasteiger partial charge in [0.1, 0.15) is 18.2 Å². The maximum absolute atomic E-state index is 12.7. The van der Waals surface area contributed by atoms with E-state index in [1.165, 1.54) is 6.08 Å². The number of methoxy groups -OCH3 is 1. The number of amides is 1. The Morgan fingerprint density at radius 3 is 2.55 bits per heavy atom. The monoisotopic (exact) mass is 504 g/mol. The van der Waals surface area contributed by atoms with E-state index in [9.17, 15) is 10.1 Å². The minimum atomic E-state index is -0.445. The normalized spacial score (nSPS) is 11.9. The van der Waals surface area contributed by atoms with Crippen molar-refractivity contribution in [3.63, 3.8) is 0 Å². The smallest absolute Gasteiger partial charge is 0.262 e. The SMILES string of the molecule is COc1cc(/C=C(/C#N)C(=O)N[C@H](C)c2ccccc2)c(Br)cc1OCc1cccc(C)c1. The highest BCUT2D eigenvalue weighted by Crippen LogP contribution is 2.35. The lowest BCUT2D eigenvalue weighted by Crippen LogP contribution is -2.27. The van der Waals surface area contributed by atoms with Crippen LogP contribution in [0.5, 0.6) is 11.5 Å². The summed E-state index contributed by atoms with van der Waals surface area (Å²) in [7, 11) is 1.55. The van der Waals surface area contributed by atoms with Crippen molar-refractivity contribution in [3.8, 4) is 17.6 Å². The predicted molar refractivity (Wildman–Crippen MR) is 133 cm³/mol. The first kappa shape index (κ1) is 24.1. The van der Waals surface area contributed by atoms with Crippen molar-refractivity contribution >= 4 is 27.9 Å². The Morgan fingerprint density at radius 1 is 1.12 bits per heavy atom. The van der Waals surface area contributed by atoms with E-state index in [-0.39, 0.29) is 11.6 Å². The highest BCUT2D eigenvalue weighted by Gasteiger charge is 2.16. The van der Waals surface area contributed by atoms with Crippen molar-refractivity contribution in [2.75, 3.05) is 7.11 Å². The maximum Gasteiger partial charge on any atom is 0.262 e. The van der Waals surface area contributed by atoms with E-state index in [0.717, 1.165) is 16.7 Å². The minimum absolute atomic E-state index is 0.00559. The predicted octanol–water partition coefficient (Wildman–Crippen LogP) is 6.13. The Balaban J connectivity index is 1.79. The lowest BCUT2D eigenvalue weighted by molar-refractivity contribution is -0.117.